The maximum absolute atomic E-state index is 11.6. The summed E-state index contributed by atoms with van der Waals surface area (Å²) in [5, 5.41) is 11.3. The van der Waals surface area contributed by atoms with Crippen LogP contribution < -0.4 is 5.32 Å². The topological polar surface area (TPSA) is 102 Å². The Kier molecular flexibility index (Phi) is 7.72. The van der Waals surface area contributed by atoms with Crippen LogP contribution in [0.15, 0.2) is 0 Å². The van der Waals surface area contributed by atoms with Crippen molar-refractivity contribution in [1.29, 1.82) is 0 Å². The number of ether oxygens (including phenoxy) is 2. The molecule has 0 unspecified atom stereocenters. The van der Waals surface area contributed by atoms with Crippen LogP contribution in [0, 0.1) is 0 Å². The molecule has 8 heteroatoms. The summed E-state index contributed by atoms with van der Waals surface area (Å²) in [7, 11) is 0. The summed E-state index contributed by atoms with van der Waals surface area (Å²) in [4.78, 5) is 34.2. The Morgan fingerprint density at radius 3 is 1.95 bits per heavy atom. The average molecular weight is 335 g/mol. The molecule has 1 amide bonds. The van der Waals surface area contributed by atoms with E-state index in [-0.39, 0.29) is 11.5 Å². The SMILES string of the molecule is CC(C)(C)OC(=O)CSC[C@@H](NC(=O)OC(C)(C)C)C(=O)O. The second-order valence-electron chi connectivity index (χ2n) is 6.64. The van der Waals surface area contributed by atoms with E-state index in [4.69, 9.17) is 14.6 Å². The van der Waals surface area contributed by atoms with Crippen molar-refractivity contribution in [3.63, 3.8) is 0 Å². The smallest absolute Gasteiger partial charge is 0.408 e. The lowest BCUT2D eigenvalue weighted by molar-refractivity contribution is -0.151. The molecule has 0 saturated carbocycles. The summed E-state index contributed by atoms with van der Waals surface area (Å²) in [6.07, 6.45) is -0.808. The van der Waals surface area contributed by atoms with Gasteiger partial charge in [-0.3, -0.25) is 4.79 Å². The fraction of sp³-hybridized carbons (Fsp3) is 0.786. The van der Waals surface area contributed by atoms with Gasteiger partial charge in [-0.1, -0.05) is 0 Å². The quantitative estimate of drug-likeness (QED) is 0.716. The second-order valence-corrected chi connectivity index (χ2v) is 7.67. The van der Waals surface area contributed by atoms with Crippen molar-refractivity contribution in [2.75, 3.05) is 11.5 Å². The molecule has 0 aliphatic rings. The molecule has 0 spiro atoms. The predicted molar refractivity (Wildman–Crippen MR) is 84.0 cm³/mol. The van der Waals surface area contributed by atoms with Gasteiger partial charge in [-0.25, -0.2) is 9.59 Å². The van der Waals surface area contributed by atoms with Crippen LogP contribution in [-0.4, -0.2) is 51.9 Å². The van der Waals surface area contributed by atoms with Crippen LogP contribution in [0.3, 0.4) is 0 Å². The highest BCUT2D eigenvalue weighted by Crippen LogP contribution is 2.12. The molecule has 0 aromatic rings. The van der Waals surface area contributed by atoms with E-state index in [1.54, 1.807) is 41.5 Å². The third-order valence-electron chi connectivity index (χ3n) is 1.91. The number of aliphatic carboxylic acids is 1. The lowest BCUT2D eigenvalue weighted by atomic mass is 10.2. The summed E-state index contributed by atoms with van der Waals surface area (Å²) in [5.74, 6) is -1.58. The van der Waals surface area contributed by atoms with Crippen LogP contribution in [0.25, 0.3) is 0 Å². The Hall–Kier alpha value is -1.44. The Morgan fingerprint density at radius 2 is 1.55 bits per heavy atom. The van der Waals surface area contributed by atoms with E-state index in [0.717, 1.165) is 11.8 Å². The molecule has 0 aliphatic carbocycles. The molecule has 0 radical (unpaired) electrons. The van der Waals surface area contributed by atoms with Gasteiger partial charge in [0, 0.05) is 5.75 Å². The van der Waals surface area contributed by atoms with Gasteiger partial charge in [-0.2, -0.15) is 0 Å². The zero-order valence-corrected chi connectivity index (χ0v) is 14.7. The summed E-state index contributed by atoms with van der Waals surface area (Å²) >= 11 is 1.07. The fourth-order valence-electron chi connectivity index (χ4n) is 1.26. The standard InChI is InChI=1S/C14H25NO6S/c1-13(2,3)20-10(16)8-22-7-9(11(17)18)15-12(19)21-14(4,5)6/h9H,7-8H2,1-6H3,(H,15,19)(H,17,18)/t9-/m1/s1. The number of hydrogen-bond acceptors (Lipinski definition) is 6. The van der Waals surface area contributed by atoms with Crippen molar-refractivity contribution in [3.8, 4) is 0 Å². The summed E-state index contributed by atoms with van der Waals surface area (Å²) in [6, 6.07) is -1.14. The molecule has 22 heavy (non-hydrogen) atoms. The van der Waals surface area contributed by atoms with Gasteiger partial charge < -0.3 is 19.9 Å². The first kappa shape index (κ1) is 20.6. The van der Waals surface area contributed by atoms with E-state index >= 15 is 0 Å². The number of nitrogens with one attached hydrogen (secondary N) is 1. The highest BCUT2D eigenvalue weighted by molar-refractivity contribution is 8.00. The van der Waals surface area contributed by atoms with Crippen molar-refractivity contribution in [3.05, 3.63) is 0 Å². The molecule has 2 N–H and O–H groups in total. The largest absolute Gasteiger partial charge is 0.480 e. The van der Waals surface area contributed by atoms with E-state index in [0.29, 0.717) is 0 Å². The number of carboxylic acid groups (broad SMARTS) is 1. The molecule has 128 valence electrons. The fourth-order valence-corrected chi connectivity index (χ4v) is 2.06. The van der Waals surface area contributed by atoms with Gasteiger partial charge in [0.25, 0.3) is 0 Å². The van der Waals surface area contributed by atoms with E-state index in [9.17, 15) is 14.4 Å². The molecular weight excluding hydrogens is 310 g/mol. The average Bonchev–Trinajstić information content (AvgIpc) is 2.22. The maximum Gasteiger partial charge on any atom is 0.408 e. The second kappa shape index (κ2) is 8.26. The highest BCUT2D eigenvalue weighted by Gasteiger charge is 2.24. The van der Waals surface area contributed by atoms with Crippen LogP contribution in [-0.2, 0) is 19.1 Å². The minimum Gasteiger partial charge on any atom is -0.480 e. The number of carbonyl (C=O) groups excluding carboxylic acids is 2. The molecule has 0 saturated heterocycles. The van der Waals surface area contributed by atoms with E-state index < -0.39 is 35.3 Å². The molecular formula is C14H25NO6S. The van der Waals surface area contributed by atoms with Gasteiger partial charge in [0.2, 0.25) is 0 Å². The maximum atomic E-state index is 11.6. The van der Waals surface area contributed by atoms with Gasteiger partial charge in [-0.05, 0) is 41.5 Å². The number of carboxylic acids is 1. The van der Waals surface area contributed by atoms with Crippen LogP contribution in [0.1, 0.15) is 41.5 Å². The monoisotopic (exact) mass is 335 g/mol. The summed E-state index contributed by atoms with van der Waals surface area (Å²) < 4.78 is 10.1. The number of rotatable bonds is 6. The summed E-state index contributed by atoms with van der Waals surface area (Å²) in [6.45, 7) is 10.3. The minimum atomic E-state index is -1.19. The van der Waals surface area contributed by atoms with E-state index in [2.05, 4.69) is 5.32 Å². The zero-order valence-electron chi connectivity index (χ0n) is 13.9. The van der Waals surface area contributed by atoms with Crippen LogP contribution in [0.5, 0.6) is 0 Å². The normalized spacial score (nSPS) is 13.2. The Balaban J connectivity index is 4.30. The first-order chi connectivity index (χ1) is 9.80. The first-order valence-corrected chi connectivity index (χ1v) is 7.97. The Morgan fingerprint density at radius 1 is 1.05 bits per heavy atom. The molecule has 1 atom stereocenters. The molecule has 0 heterocycles. The molecule has 0 aromatic carbocycles. The number of hydrogen-bond donors (Lipinski definition) is 2. The number of thioether (sulfide) groups is 1. The minimum absolute atomic E-state index is 0.0110. The molecule has 0 bridgehead atoms. The van der Waals surface area contributed by atoms with Gasteiger partial charge in [0.05, 0.1) is 5.75 Å². The predicted octanol–water partition coefficient (Wildman–Crippen LogP) is 2.04. The number of alkyl carbamates (subject to hydrolysis) is 1. The Labute approximate surface area is 135 Å². The number of esters is 1. The van der Waals surface area contributed by atoms with E-state index in [1.807, 2.05) is 0 Å². The van der Waals surface area contributed by atoms with Crippen molar-refractivity contribution in [2.45, 2.75) is 58.8 Å². The van der Waals surface area contributed by atoms with Gasteiger partial charge in [-0.15, -0.1) is 11.8 Å². The number of carbonyl (C=O) groups is 3. The molecule has 7 nitrogen and oxygen atoms in total. The van der Waals surface area contributed by atoms with Crippen molar-refractivity contribution in [2.24, 2.45) is 0 Å². The Bertz CT molecular complexity index is 411. The lowest BCUT2D eigenvalue weighted by Crippen LogP contribution is -2.45. The molecule has 0 aromatic heterocycles. The van der Waals surface area contributed by atoms with Gasteiger partial charge in [0.15, 0.2) is 0 Å². The van der Waals surface area contributed by atoms with Gasteiger partial charge in [0.1, 0.15) is 17.2 Å². The van der Waals surface area contributed by atoms with Crippen LogP contribution in [0.2, 0.25) is 0 Å². The van der Waals surface area contributed by atoms with Crippen molar-refractivity contribution >= 4 is 29.8 Å². The van der Waals surface area contributed by atoms with Gasteiger partial charge >= 0.3 is 18.0 Å². The molecule has 0 aliphatic heterocycles. The lowest BCUT2D eigenvalue weighted by Gasteiger charge is -2.22. The zero-order chi connectivity index (χ0) is 17.6. The van der Waals surface area contributed by atoms with Crippen molar-refractivity contribution < 1.29 is 29.0 Å². The van der Waals surface area contributed by atoms with E-state index in [1.165, 1.54) is 0 Å². The summed E-state index contributed by atoms with van der Waals surface area (Å²) in [5.41, 5.74) is -1.30. The third kappa shape index (κ3) is 11.2. The van der Waals surface area contributed by atoms with Crippen LogP contribution in [0.4, 0.5) is 4.79 Å². The molecule has 0 fully saturated rings. The van der Waals surface area contributed by atoms with Crippen LogP contribution >= 0.6 is 11.8 Å². The highest BCUT2D eigenvalue weighted by atomic mass is 32.2. The third-order valence-corrected chi connectivity index (χ3v) is 2.92. The van der Waals surface area contributed by atoms with Crippen molar-refractivity contribution in [1.82, 2.24) is 5.32 Å². The molecule has 0 rings (SSSR count). The number of amides is 1. The first-order valence-electron chi connectivity index (χ1n) is 6.82.